The molecular weight excluding hydrogens is 250 g/mol. The summed E-state index contributed by atoms with van der Waals surface area (Å²) < 4.78 is 7.12. The predicted molar refractivity (Wildman–Crippen MR) is 65.4 cm³/mol. The second kappa shape index (κ2) is 6.33. The van der Waals surface area contributed by atoms with Crippen molar-refractivity contribution in [3.63, 3.8) is 0 Å². The van der Waals surface area contributed by atoms with E-state index in [0.29, 0.717) is 32.4 Å². The summed E-state index contributed by atoms with van der Waals surface area (Å²) in [5.41, 5.74) is 0. The first kappa shape index (κ1) is 13.5. The fourth-order valence-corrected chi connectivity index (χ4v) is 2.00. The van der Waals surface area contributed by atoms with Crippen molar-refractivity contribution in [1.82, 2.24) is 14.9 Å². The molecule has 0 aromatic carbocycles. The summed E-state index contributed by atoms with van der Waals surface area (Å²) in [6.07, 6.45) is 5.73. The Hall–Kier alpha value is -1.89. The summed E-state index contributed by atoms with van der Waals surface area (Å²) in [6, 6.07) is 0. The zero-order valence-electron chi connectivity index (χ0n) is 10.5. The number of rotatable bonds is 6. The van der Waals surface area contributed by atoms with Gasteiger partial charge >= 0.3 is 5.97 Å². The van der Waals surface area contributed by atoms with Gasteiger partial charge < -0.3 is 19.7 Å². The first-order chi connectivity index (χ1) is 9.15. The number of aromatic nitrogens is 2. The topological polar surface area (TPSA) is 93.5 Å². The molecule has 0 saturated carbocycles. The smallest absolute Gasteiger partial charge is 0.332 e. The second-order valence-corrected chi connectivity index (χ2v) is 4.52. The van der Waals surface area contributed by atoms with Crippen molar-refractivity contribution in [2.45, 2.75) is 38.0 Å². The number of hydrogen-bond donors (Lipinski definition) is 2. The normalized spacial score (nSPS) is 22.3. The first-order valence-corrected chi connectivity index (χ1v) is 6.26. The predicted octanol–water partition coefficient (Wildman–Crippen LogP) is 0.0216. The van der Waals surface area contributed by atoms with E-state index in [9.17, 15) is 9.59 Å². The van der Waals surface area contributed by atoms with Crippen molar-refractivity contribution >= 4 is 11.9 Å². The van der Waals surface area contributed by atoms with Gasteiger partial charge in [0.1, 0.15) is 0 Å². The molecule has 1 aromatic rings. The van der Waals surface area contributed by atoms with Crippen molar-refractivity contribution in [3.8, 4) is 0 Å². The second-order valence-electron chi connectivity index (χ2n) is 4.52. The molecule has 0 spiro atoms. The molecule has 1 aromatic heterocycles. The van der Waals surface area contributed by atoms with Crippen LogP contribution in [0.25, 0.3) is 0 Å². The highest BCUT2D eigenvalue weighted by Crippen LogP contribution is 2.19. The van der Waals surface area contributed by atoms with E-state index in [1.54, 1.807) is 18.7 Å². The third-order valence-corrected chi connectivity index (χ3v) is 3.07. The minimum Gasteiger partial charge on any atom is -0.479 e. The van der Waals surface area contributed by atoms with Crippen molar-refractivity contribution < 1.29 is 19.4 Å². The van der Waals surface area contributed by atoms with Gasteiger partial charge in [0.15, 0.2) is 6.10 Å². The van der Waals surface area contributed by atoms with Crippen LogP contribution in [-0.4, -0.2) is 45.3 Å². The standard InChI is InChI=1S/C12H17N3O4/c16-11(3-5-15-6-4-13-8-15)14-7-9-1-2-10(19-9)12(17)18/h4,6,8-10H,1-3,5,7H2,(H,14,16)(H,17,18). The number of aryl methyl sites for hydroxylation is 1. The summed E-state index contributed by atoms with van der Waals surface area (Å²) in [4.78, 5) is 26.2. The fraction of sp³-hybridized carbons (Fsp3) is 0.583. The van der Waals surface area contributed by atoms with E-state index in [1.165, 1.54) is 0 Å². The Morgan fingerprint density at radius 3 is 2.95 bits per heavy atom. The lowest BCUT2D eigenvalue weighted by molar-refractivity contribution is -0.149. The molecule has 2 heterocycles. The molecule has 1 aliphatic heterocycles. The van der Waals surface area contributed by atoms with E-state index in [1.807, 2.05) is 4.57 Å². The number of aliphatic carboxylic acids is 1. The molecule has 7 heteroatoms. The van der Waals surface area contributed by atoms with Crippen LogP contribution < -0.4 is 5.32 Å². The summed E-state index contributed by atoms with van der Waals surface area (Å²) in [5, 5.41) is 11.5. The minimum absolute atomic E-state index is 0.0731. The van der Waals surface area contributed by atoms with Gasteiger partial charge in [-0.3, -0.25) is 4.79 Å². The molecule has 104 valence electrons. The van der Waals surface area contributed by atoms with Gasteiger partial charge in [0.2, 0.25) is 5.91 Å². The number of nitrogens with one attached hydrogen (secondary N) is 1. The maximum Gasteiger partial charge on any atom is 0.332 e. The number of carboxylic acids is 1. The number of amides is 1. The van der Waals surface area contributed by atoms with Crippen LogP contribution in [0.2, 0.25) is 0 Å². The SMILES string of the molecule is O=C(CCn1ccnc1)NCC1CCC(C(=O)O)O1. The van der Waals surface area contributed by atoms with E-state index in [0.717, 1.165) is 0 Å². The third kappa shape index (κ3) is 4.06. The fourth-order valence-electron chi connectivity index (χ4n) is 2.00. The average molecular weight is 267 g/mol. The Morgan fingerprint density at radius 2 is 2.32 bits per heavy atom. The largest absolute Gasteiger partial charge is 0.479 e. The first-order valence-electron chi connectivity index (χ1n) is 6.26. The molecule has 7 nitrogen and oxygen atoms in total. The molecule has 1 amide bonds. The molecule has 0 aliphatic carbocycles. The molecular formula is C12H17N3O4. The highest BCUT2D eigenvalue weighted by molar-refractivity contribution is 5.76. The van der Waals surface area contributed by atoms with E-state index in [4.69, 9.17) is 9.84 Å². The van der Waals surface area contributed by atoms with Crippen LogP contribution in [0.4, 0.5) is 0 Å². The van der Waals surface area contributed by atoms with Crippen LogP contribution in [-0.2, 0) is 20.9 Å². The van der Waals surface area contributed by atoms with Crippen LogP contribution in [0.5, 0.6) is 0 Å². The quantitative estimate of drug-likeness (QED) is 0.758. The Morgan fingerprint density at radius 1 is 1.47 bits per heavy atom. The van der Waals surface area contributed by atoms with Crippen LogP contribution in [0.15, 0.2) is 18.7 Å². The number of ether oxygens (including phenoxy) is 1. The number of carboxylic acid groups (broad SMARTS) is 1. The maximum atomic E-state index is 11.6. The summed E-state index contributed by atoms with van der Waals surface area (Å²) in [7, 11) is 0. The van der Waals surface area contributed by atoms with Gasteiger partial charge in [0.05, 0.1) is 12.4 Å². The number of carbonyl (C=O) groups excluding carboxylic acids is 1. The molecule has 2 unspecified atom stereocenters. The summed E-state index contributed by atoms with van der Waals surface area (Å²) >= 11 is 0. The van der Waals surface area contributed by atoms with Crippen LogP contribution in [0.3, 0.4) is 0 Å². The molecule has 1 saturated heterocycles. The average Bonchev–Trinajstić information content (AvgIpc) is 3.05. The summed E-state index contributed by atoms with van der Waals surface area (Å²) in [5.74, 6) is -1.01. The third-order valence-electron chi connectivity index (χ3n) is 3.07. The number of imidazole rings is 1. The molecule has 1 aliphatic rings. The molecule has 2 atom stereocenters. The van der Waals surface area contributed by atoms with Gasteiger partial charge in [0, 0.05) is 31.9 Å². The van der Waals surface area contributed by atoms with E-state index in [-0.39, 0.29) is 12.0 Å². The van der Waals surface area contributed by atoms with Crippen LogP contribution in [0.1, 0.15) is 19.3 Å². The highest BCUT2D eigenvalue weighted by atomic mass is 16.5. The van der Waals surface area contributed by atoms with Crippen LogP contribution >= 0.6 is 0 Å². The van der Waals surface area contributed by atoms with Gasteiger partial charge in [-0.05, 0) is 12.8 Å². The Bertz CT molecular complexity index is 432. The molecule has 0 bridgehead atoms. The molecule has 0 radical (unpaired) electrons. The van der Waals surface area contributed by atoms with E-state index < -0.39 is 12.1 Å². The van der Waals surface area contributed by atoms with E-state index in [2.05, 4.69) is 10.3 Å². The van der Waals surface area contributed by atoms with Crippen molar-refractivity contribution in [2.75, 3.05) is 6.54 Å². The van der Waals surface area contributed by atoms with Gasteiger partial charge in [-0.1, -0.05) is 0 Å². The van der Waals surface area contributed by atoms with Crippen molar-refractivity contribution in [1.29, 1.82) is 0 Å². The van der Waals surface area contributed by atoms with Gasteiger partial charge in [-0.25, -0.2) is 9.78 Å². The Kier molecular flexibility index (Phi) is 4.51. The van der Waals surface area contributed by atoms with Gasteiger partial charge in [0.25, 0.3) is 0 Å². The molecule has 19 heavy (non-hydrogen) atoms. The Labute approximate surface area is 110 Å². The van der Waals surface area contributed by atoms with E-state index >= 15 is 0 Å². The highest BCUT2D eigenvalue weighted by Gasteiger charge is 2.30. The zero-order chi connectivity index (χ0) is 13.7. The number of hydrogen-bond acceptors (Lipinski definition) is 4. The van der Waals surface area contributed by atoms with Gasteiger partial charge in [-0.15, -0.1) is 0 Å². The maximum absolute atomic E-state index is 11.6. The molecule has 2 N–H and O–H groups in total. The number of carbonyl (C=O) groups is 2. The van der Waals surface area contributed by atoms with Crippen molar-refractivity contribution in [2.24, 2.45) is 0 Å². The lowest BCUT2D eigenvalue weighted by Crippen LogP contribution is -2.33. The Balaban J connectivity index is 1.63. The van der Waals surface area contributed by atoms with Crippen LogP contribution in [0, 0.1) is 0 Å². The lowest BCUT2D eigenvalue weighted by atomic mass is 10.2. The molecule has 2 rings (SSSR count). The molecule has 1 fully saturated rings. The van der Waals surface area contributed by atoms with Gasteiger partial charge in [-0.2, -0.15) is 0 Å². The monoisotopic (exact) mass is 267 g/mol. The summed E-state index contributed by atoms with van der Waals surface area (Å²) in [6.45, 7) is 0.946. The lowest BCUT2D eigenvalue weighted by Gasteiger charge is -2.12. The zero-order valence-corrected chi connectivity index (χ0v) is 10.5. The minimum atomic E-state index is -0.936. The van der Waals surface area contributed by atoms with Crippen molar-refractivity contribution in [3.05, 3.63) is 18.7 Å². The number of nitrogens with zero attached hydrogens (tertiary/aromatic N) is 2.